The van der Waals surface area contributed by atoms with Crippen molar-refractivity contribution in [3.05, 3.63) is 29.6 Å². The monoisotopic (exact) mass is 236 g/mol. The number of carboxylic acid groups (broad SMARTS) is 1. The first kappa shape index (κ1) is 13.2. The van der Waals surface area contributed by atoms with E-state index >= 15 is 0 Å². The second-order valence-electron chi connectivity index (χ2n) is 4.45. The highest BCUT2D eigenvalue weighted by atomic mass is 16.4. The van der Waals surface area contributed by atoms with Crippen LogP contribution in [-0.2, 0) is 4.79 Å². The summed E-state index contributed by atoms with van der Waals surface area (Å²) in [5.41, 5.74) is -0.102. The number of aromatic nitrogens is 1. The molecule has 0 spiro atoms. The molecule has 0 saturated carbocycles. The minimum absolute atomic E-state index is 0.252. The maximum Gasteiger partial charge on any atom is 0.329 e. The van der Waals surface area contributed by atoms with Gasteiger partial charge in [-0.1, -0.05) is 0 Å². The molecule has 1 aromatic heterocycles. The zero-order valence-electron chi connectivity index (χ0n) is 10.4. The van der Waals surface area contributed by atoms with Crippen LogP contribution in [0.3, 0.4) is 0 Å². The van der Waals surface area contributed by atoms with Crippen molar-refractivity contribution in [3.8, 4) is 0 Å². The molecule has 0 aliphatic rings. The molecular formula is C12H16N2O3. The van der Waals surface area contributed by atoms with Crippen LogP contribution in [0.15, 0.2) is 18.3 Å². The van der Waals surface area contributed by atoms with Crippen molar-refractivity contribution in [1.82, 2.24) is 9.88 Å². The summed E-state index contributed by atoms with van der Waals surface area (Å²) in [6, 6.07) is 3.41. The molecule has 0 unspecified atom stereocenters. The maximum atomic E-state index is 12.0. The Morgan fingerprint density at radius 2 is 2.00 bits per heavy atom. The third kappa shape index (κ3) is 2.61. The zero-order valence-corrected chi connectivity index (χ0v) is 10.4. The summed E-state index contributed by atoms with van der Waals surface area (Å²) in [6.07, 6.45) is 1.53. The van der Waals surface area contributed by atoms with Crippen molar-refractivity contribution in [2.24, 2.45) is 0 Å². The van der Waals surface area contributed by atoms with E-state index in [2.05, 4.69) is 4.98 Å². The van der Waals surface area contributed by atoms with Crippen LogP contribution in [0, 0.1) is 6.92 Å². The molecule has 1 heterocycles. The molecule has 0 fully saturated rings. The number of carbonyl (C=O) groups is 2. The molecule has 0 aromatic carbocycles. The summed E-state index contributed by atoms with van der Waals surface area (Å²) in [4.78, 5) is 28.2. The number of aryl methyl sites for hydroxylation is 1. The number of hydrogen-bond donors (Lipinski definition) is 1. The number of hydrogen-bond acceptors (Lipinski definition) is 3. The predicted octanol–water partition coefficient (Wildman–Crippen LogP) is 1.33. The van der Waals surface area contributed by atoms with Gasteiger partial charge in [-0.3, -0.25) is 9.78 Å². The lowest BCUT2D eigenvalue weighted by Crippen LogP contribution is -2.50. The minimum Gasteiger partial charge on any atom is -0.480 e. The summed E-state index contributed by atoms with van der Waals surface area (Å²) < 4.78 is 0. The topological polar surface area (TPSA) is 70.5 Å². The molecule has 5 nitrogen and oxygen atoms in total. The fourth-order valence-electron chi connectivity index (χ4n) is 1.22. The Bertz CT molecular complexity index is 455. The van der Waals surface area contributed by atoms with Gasteiger partial charge in [0.05, 0.1) is 0 Å². The number of rotatable bonds is 3. The van der Waals surface area contributed by atoms with E-state index in [1.165, 1.54) is 32.0 Å². The van der Waals surface area contributed by atoms with Gasteiger partial charge in [0.1, 0.15) is 11.2 Å². The third-order valence-electron chi connectivity index (χ3n) is 2.80. The molecule has 5 heteroatoms. The molecule has 1 amide bonds. The Morgan fingerprint density at radius 1 is 1.41 bits per heavy atom. The van der Waals surface area contributed by atoms with Crippen LogP contribution in [0.4, 0.5) is 0 Å². The lowest BCUT2D eigenvalue weighted by Gasteiger charge is -2.31. The molecule has 1 aromatic rings. The fraction of sp³-hybridized carbons (Fsp3) is 0.417. The molecule has 92 valence electrons. The summed E-state index contributed by atoms with van der Waals surface area (Å²) in [6.45, 7) is 4.80. The number of aliphatic carboxylic acids is 1. The molecule has 0 bridgehead atoms. The summed E-state index contributed by atoms with van der Waals surface area (Å²) >= 11 is 0. The van der Waals surface area contributed by atoms with Crippen LogP contribution in [0.2, 0.25) is 0 Å². The minimum atomic E-state index is -1.26. The first-order valence-corrected chi connectivity index (χ1v) is 5.21. The van der Waals surface area contributed by atoms with Gasteiger partial charge in [0.15, 0.2) is 0 Å². The molecule has 0 radical (unpaired) electrons. The second-order valence-corrected chi connectivity index (χ2v) is 4.45. The largest absolute Gasteiger partial charge is 0.480 e. The Labute approximate surface area is 100 Å². The SMILES string of the molecule is Cc1ccnc(C(=O)N(C)C(C)(C)C(=O)O)c1. The first-order valence-electron chi connectivity index (χ1n) is 5.21. The highest BCUT2D eigenvalue weighted by Gasteiger charge is 2.35. The van der Waals surface area contributed by atoms with Gasteiger partial charge in [0, 0.05) is 13.2 Å². The first-order chi connectivity index (χ1) is 7.76. The van der Waals surface area contributed by atoms with Crippen LogP contribution in [0.25, 0.3) is 0 Å². The van der Waals surface area contributed by atoms with Crippen LogP contribution in [-0.4, -0.2) is 39.5 Å². The van der Waals surface area contributed by atoms with Gasteiger partial charge < -0.3 is 10.0 Å². The summed E-state index contributed by atoms with van der Waals surface area (Å²) in [5, 5.41) is 9.05. The van der Waals surface area contributed by atoms with Crippen molar-refractivity contribution < 1.29 is 14.7 Å². The molecule has 0 aliphatic heterocycles. The molecule has 17 heavy (non-hydrogen) atoms. The number of carboxylic acids is 1. The highest BCUT2D eigenvalue weighted by molar-refractivity contribution is 5.96. The van der Waals surface area contributed by atoms with Crippen molar-refractivity contribution in [3.63, 3.8) is 0 Å². The van der Waals surface area contributed by atoms with E-state index < -0.39 is 17.4 Å². The highest BCUT2D eigenvalue weighted by Crippen LogP contribution is 2.15. The second kappa shape index (κ2) is 4.53. The van der Waals surface area contributed by atoms with E-state index in [1.54, 1.807) is 12.1 Å². The van der Waals surface area contributed by atoms with E-state index in [0.717, 1.165) is 5.56 Å². The van der Waals surface area contributed by atoms with Crippen LogP contribution < -0.4 is 0 Å². The molecule has 0 saturated heterocycles. The molecular weight excluding hydrogens is 220 g/mol. The average Bonchev–Trinajstić information content (AvgIpc) is 2.26. The Kier molecular flexibility index (Phi) is 3.50. The van der Waals surface area contributed by atoms with E-state index in [9.17, 15) is 9.59 Å². The van der Waals surface area contributed by atoms with Gasteiger partial charge in [-0.05, 0) is 38.5 Å². The Hall–Kier alpha value is -1.91. The van der Waals surface area contributed by atoms with Gasteiger partial charge in [-0.15, -0.1) is 0 Å². The third-order valence-corrected chi connectivity index (χ3v) is 2.80. The number of nitrogens with zero attached hydrogens (tertiary/aromatic N) is 2. The van der Waals surface area contributed by atoms with Crippen molar-refractivity contribution >= 4 is 11.9 Å². The average molecular weight is 236 g/mol. The van der Waals surface area contributed by atoms with Crippen LogP contribution in [0.5, 0.6) is 0 Å². The molecule has 1 rings (SSSR count). The summed E-state index contributed by atoms with van der Waals surface area (Å²) in [7, 11) is 1.46. The van der Waals surface area contributed by atoms with Gasteiger partial charge in [0.2, 0.25) is 0 Å². The van der Waals surface area contributed by atoms with Crippen molar-refractivity contribution in [2.45, 2.75) is 26.3 Å². The van der Waals surface area contributed by atoms with Crippen LogP contribution >= 0.6 is 0 Å². The van der Waals surface area contributed by atoms with E-state index in [4.69, 9.17) is 5.11 Å². The number of pyridine rings is 1. The van der Waals surface area contributed by atoms with Gasteiger partial charge >= 0.3 is 5.97 Å². The maximum absolute atomic E-state index is 12.0. The smallest absolute Gasteiger partial charge is 0.329 e. The number of likely N-dealkylation sites (N-methyl/N-ethyl adjacent to an activating group) is 1. The van der Waals surface area contributed by atoms with Gasteiger partial charge in [0.25, 0.3) is 5.91 Å². The Morgan fingerprint density at radius 3 is 2.47 bits per heavy atom. The standard InChI is InChI=1S/C12H16N2O3/c1-8-5-6-13-9(7-8)10(15)14(4)12(2,3)11(16)17/h5-7H,1-4H3,(H,16,17). The van der Waals surface area contributed by atoms with Crippen molar-refractivity contribution in [1.29, 1.82) is 0 Å². The normalized spacial score (nSPS) is 11.1. The number of amides is 1. The Balaban J connectivity index is 3.02. The molecule has 0 aliphatic carbocycles. The molecule has 0 atom stereocenters. The summed E-state index contributed by atoms with van der Waals surface area (Å²) in [5.74, 6) is -1.46. The number of carbonyl (C=O) groups excluding carboxylic acids is 1. The van der Waals surface area contributed by atoms with E-state index in [0.29, 0.717) is 0 Å². The predicted molar refractivity (Wildman–Crippen MR) is 62.8 cm³/mol. The molecule has 1 N–H and O–H groups in total. The van der Waals surface area contributed by atoms with Crippen LogP contribution in [0.1, 0.15) is 29.9 Å². The lowest BCUT2D eigenvalue weighted by atomic mass is 10.0. The zero-order chi connectivity index (χ0) is 13.2. The lowest BCUT2D eigenvalue weighted by molar-refractivity contribution is -0.147. The van der Waals surface area contributed by atoms with Gasteiger partial charge in [-0.2, -0.15) is 0 Å². The van der Waals surface area contributed by atoms with Crippen molar-refractivity contribution in [2.75, 3.05) is 7.05 Å². The van der Waals surface area contributed by atoms with E-state index in [-0.39, 0.29) is 5.69 Å². The van der Waals surface area contributed by atoms with E-state index in [1.807, 2.05) is 6.92 Å². The fourth-order valence-corrected chi connectivity index (χ4v) is 1.22. The quantitative estimate of drug-likeness (QED) is 0.859. The van der Waals surface area contributed by atoms with Gasteiger partial charge in [-0.25, -0.2) is 4.79 Å².